The van der Waals surface area contributed by atoms with Gasteiger partial charge in [0.2, 0.25) is 0 Å². The van der Waals surface area contributed by atoms with E-state index in [1.807, 2.05) is 0 Å². The van der Waals surface area contributed by atoms with Crippen molar-refractivity contribution in [1.82, 2.24) is 0 Å². The quantitative estimate of drug-likeness (QED) is 0.732. The highest BCUT2D eigenvalue weighted by Gasteiger charge is 2.05. The molecule has 0 saturated heterocycles. The Balaban J connectivity index is 2.03. The van der Waals surface area contributed by atoms with Crippen LogP contribution in [0.3, 0.4) is 0 Å². The van der Waals surface area contributed by atoms with Crippen molar-refractivity contribution in [3.8, 4) is 5.75 Å². The summed E-state index contributed by atoms with van der Waals surface area (Å²) in [6.07, 6.45) is 0. The van der Waals surface area contributed by atoms with Crippen LogP contribution in [0.5, 0.6) is 5.75 Å². The minimum atomic E-state index is -0.535. The maximum Gasteiger partial charge on any atom is 0.323 e. The first-order valence-corrected chi connectivity index (χ1v) is 5.74. The van der Waals surface area contributed by atoms with Gasteiger partial charge in [-0.2, -0.15) is 0 Å². The number of halogens is 2. The van der Waals surface area contributed by atoms with E-state index in [0.717, 1.165) is 0 Å². The molecule has 0 unspecified atom stereocenters. The Morgan fingerprint density at radius 2 is 1.79 bits per heavy atom. The molecule has 2 aromatic rings. The highest BCUT2D eigenvalue weighted by molar-refractivity contribution is 6.32. The number of hydrogen-bond donors (Lipinski definition) is 3. The van der Waals surface area contributed by atoms with E-state index >= 15 is 0 Å². The molecule has 0 spiro atoms. The lowest BCUT2D eigenvalue weighted by Crippen LogP contribution is -2.19. The first-order chi connectivity index (χ1) is 9.04. The lowest BCUT2D eigenvalue weighted by molar-refractivity contribution is 0.262. The molecule has 0 aliphatic rings. The zero-order valence-corrected chi connectivity index (χ0v) is 10.4. The fraction of sp³-hybridized carbons (Fsp3) is 0. The molecule has 19 heavy (non-hydrogen) atoms. The van der Waals surface area contributed by atoms with E-state index in [1.165, 1.54) is 36.4 Å². The zero-order valence-electron chi connectivity index (χ0n) is 9.65. The number of urea groups is 1. The van der Waals surface area contributed by atoms with Crippen LogP contribution in [0.25, 0.3) is 0 Å². The summed E-state index contributed by atoms with van der Waals surface area (Å²) in [6, 6.07) is 9.25. The van der Waals surface area contributed by atoms with Gasteiger partial charge in [0.1, 0.15) is 11.6 Å². The second kappa shape index (κ2) is 5.58. The minimum absolute atomic E-state index is 0.0715. The molecule has 2 aromatic carbocycles. The largest absolute Gasteiger partial charge is 0.506 e. The molecular weight excluding hydrogens is 271 g/mol. The maximum absolute atomic E-state index is 12.9. The van der Waals surface area contributed by atoms with Gasteiger partial charge < -0.3 is 15.7 Å². The summed E-state index contributed by atoms with van der Waals surface area (Å²) in [4.78, 5) is 11.6. The highest BCUT2D eigenvalue weighted by Crippen LogP contribution is 2.26. The third-order valence-electron chi connectivity index (χ3n) is 2.29. The van der Waals surface area contributed by atoms with E-state index in [1.54, 1.807) is 6.07 Å². The molecule has 0 saturated carbocycles. The van der Waals surface area contributed by atoms with Crippen LogP contribution < -0.4 is 10.6 Å². The van der Waals surface area contributed by atoms with Gasteiger partial charge >= 0.3 is 6.03 Å². The SMILES string of the molecule is O=C(Nc1cccc(F)c1)Nc1ccc(O)c(Cl)c1. The van der Waals surface area contributed by atoms with Crippen molar-refractivity contribution in [2.75, 3.05) is 10.6 Å². The van der Waals surface area contributed by atoms with Crippen LogP contribution in [0.15, 0.2) is 42.5 Å². The van der Waals surface area contributed by atoms with Gasteiger partial charge in [-0.1, -0.05) is 17.7 Å². The van der Waals surface area contributed by atoms with Gasteiger partial charge in [0.15, 0.2) is 0 Å². The lowest BCUT2D eigenvalue weighted by atomic mass is 10.3. The number of carbonyl (C=O) groups excluding carboxylic acids is 1. The van der Waals surface area contributed by atoms with Gasteiger partial charge in [-0.25, -0.2) is 9.18 Å². The van der Waals surface area contributed by atoms with E-state index in [0.29, 0.717) is 11.4 Å². The predicted octanol–water partition coefficient (Wildman–Crippen LogP) is 3.83. The van der Waals surface area contributed by atoms with Crippen molar-refractivity contribution in [1.29, 1.82) is 0 Å². The van der Waals surface area contributed by atoms with Crippen LogP contribution in [0.4, 0.5) is 20.6 Å². The molecule has 0 aliphatic carbocycles. The van der Waals surface area contributed by atoms with E-state index in [-0.39, 0.29) is 10.8 Å². The summed E-state index contributed by atoms with van der Waals surface area (Å²) in [5.41, 5.74) is 0.749. The number of anilines is 2. The molecular formula is C13H10ClFN2O2. The van der Waals surface area contributed by atoms with Gasteiger partial charge in [-0.15, -0.1) is 0 Å². The molecule has 0 atom stereocenters. The van der Waals surface area contributed by atoms with Crippen LogP contribution in [0, 0.1) is 5.82 Å². The van der Waals surface area contributed by atoms with E-state index in [4.69, 9.17) is 11.6 Å². The van der Waals surface area contributed by atoms with Crippen molar-refractivity contribution in [2.45, 2.75) is 0 Å². The summed E-state index contributed by atoms with van der Waals surface area (Å²) in [7, 11) is 0. The Labute approximate surface area is 113 Å². The number of carbonyl (C=O) groups is 1. The van der Waals surface area contributed by atoms with Crippen molar-refractivity contribution in [2.24, 2.45) is 0 Å². The summed E-state index contributed by atoms with van der Waals surface area (Å²) in [5, 5.41) is 14.3. The van der Waals surface area contributed by atoms with Gasteiger partial charge in [0.05, 0.1) is 5.02 Å². The molecule has 4 nitrogen and oxygen atoms in total. The molecule has 0 radical (unpaired) electrons. The maximum atomic E-state index is 12.9. The zero-order chi connectivity index (χ0) is 13.8. The second-order valence-electron chi connectivity index (χ2n) is 3.76. The monoisotopic (exact) mass is 280 g/mol. The molecule has 2 rings (SSSR count). The standard InChI is InChI=1S/C13H10ClFN2O2/c14-11-7-10(4-5-12(11)18)17-13(19)16-9-3-1-2-8(15)6-9/h1-7,18H,(H2,16,17,19). The van der Waals surface area contributed by atoms with Crippen LogP contribution in [-0.2, 0) is 0 Å². The van der Waals surface area contributed by atoms with Crippen molar-refractivity contribution in [3.63, 3.8) is 0 Å². The molecule has 0 heterocycles. The Bertz CT molecular complexity index is 619. The first-order valence-electron chi connectivity index (χ1n) is 5.37. The average molecular weight is 281 g/mol. The number of benzene rings is 2. The van der Waals surface area contributed by atoms with Gasteiger partial charge in [0.25, 0.3) is 0 Å². The fourth-order valence-electron chi connectivity index (χ4n) is 1.44. The topological polar surface area (TPSA) is 61.4 Å². The fourth-order valence-corrected chi connectivity index (χ4v) is 1.62. The number of amides is 2. The molecule has 98 valence electrons. The van der Waals surface area contributed by atoms with Crippen molar-refractivity contribution < 1.29 is 14.3 Å². The minimum Gasteiger partial charge on any atom is -0.506 e. The lowest BCUT2D eigenvalue weighted by Gasteiger charge is -2.08. The van der Waals surface area contributed by atoms with Gasteiger partial charge in [-0.3, -0.25) is 0 Å². The Hall–Kier alpha value is -2.27. The normalized spacial score (nSPS) is 10.0. The molecule has 3 N–H and O–H groups in total. The average Bonchev–Trinajstić information content (AvgIpc) is 2.34. The summed E-state index contributed by atoms with van der Waals surface area (Å²) < 4.78 is 12.9. The third-order valence-corrected chi connectivity index (χ3v) is 2.59. The van der Waals surface area contributed by atoms with Crippen LogP contribution in [0.2, 0.25) is 5.02 Å². The molecule has 0 aliphatic heterocycles. The number of aromatic hydroxyl groups is 1. The number of rotatable bonds is 2. The highest BCUT2D eigenvalue weighted by atomic mass is 35.5. The Morgan fingerprint density at radius 1 is 1.11 bits per heavy atom. The predicted molar refractivity (Wildman–Crippen MR) is 72.2 cm³/mol. The van der Waals surface area contributed by atoms with Crippen molar-refractivity contribution in [3.05, 3.63) is 53.3 Å². The van der Waals surface area contributed by atoms with E-state index in [2.05, 4.69) is 10.6 Å². The van der Waals surface area contributed by atoms with E-state index < -0.39 is 11.8 Å². The molecule has 0 aromatic heterocycles. The molecule has 6 heteroatoms. The van der Waals surface area contributed by atoms with Crippen LogP contribution in [-0.4, -0.2) is 11.1 Å². The Kier molecular flexibility index (Phi) is 3.87. The molecule has 0 fully saturated rings. The number of phenolic OH excluding ortho intramolecular Hbond substituents is 1. The second-order valence-corrected chi connectivity index (χ2v) is 4.16. The molecule has 2 amide bonds. The first kappa shape index (κ1) is 13.2. The van der Waals surface area contributed by atoms with Gasteiger partial charge in [0, 0.05) is 11.4 Å². The summed E-state index contributed by atoms with van der Waals surface area (Å²) in [6.45, 7) is 0. The summed E-state index contributed by atoms with van der Waals surface area (Å²) >= 11 is 5.71. The van der Waals surface area contributed by atoms with Crippen LogP contribution in [0.1, 0.15) is 0 Å². The summed E-state index contributed by atoms with van der Waals surface area (Å²) in [5.74, 6) is -0.511. The smallest absolute Gasteiger partial charge is 0.323 e. The Morgan fingerprint density at radius 3 is 2.42 bits per heavy atom. The number of nitrogens with one attached hydrogen (secondary N) is 2. The van der Waals surface area contributed by atoms with Crippen molar-refractivity contribution >= 4 is 29.0 Å². The third kappa shape index (κ3) is 3.59. The molecule has 0 bridgehead atoms. The number of hydrogen-bond acceptors (Lipinski definition) is 2. The van der Waals surface area contributed by atoms with E-state index in [9.17, 15) is 14.3 Å². The number of phenols is 1. The van der Waals surface area contributed by atoms with Crippen LogP contribution >= 0.6 is 11.6 Å². The van der Waals surface area contributed by atoms with Gasteiger partial charge in [-0.05, 0) is 36.4 Å².